The van der Waals surface area contributed by atoms with Gasteiger partial charge in [0.25, 0.3) is 0 Å². The highest BCUT2D eigenvalue weighted by molar-refractivity contribution is 7.09. The lowest BCUT2D eigenvalue weighted by molar-refractivity contribution is 0.356. The Morgan fingerprint density at radius 1 is 0.593 bits per heavy atom. The number of hydrogen-bond acceptors (Lipinski definition) is 1. The van der Waals surface area contributed by atoms with Crippen LogP contribution >= 0.6 is 11.3 Å². The summed E-state index contributed by atoms with van der Waals surface area (Å²) in [6.07, 6.45) is 26.0. The van der Waals surface area contributed by atoms with Crippen LogP contribution in [-0.2, 0) is 6.42 Å². The number of rotatable bonds is 18. The monoisotopic (exact) mass is 392 g/mol. The molecule has 0 spiro atoms. The summed E-state index contributed by atoms with van der Waals surface area (Å²) in [6.45, 7) is 7.09. The van der Waals surface area contributed by atoms with Gasteiger partial charge in [-0.3, -0.25) is 0 Å². The Bertz CT molecular complexity index is 398. The first kappa shape index (κ1) is 24.7. The maximum Gasteiger partial charge on any atom is 0.00452 e. The molecule has 0 nitrogen and oxygen atoms in total. The summed E-state index contributed by atoms with van der Waals surface area (Å²) in [5.74, 6) is 0. The molecule has 0 atom stereocenters. The van der Waals surface area contributed by atoms with Crippen LogP contribution in [0.5, 0.6) is 0 Å². The minimum absolute atomic E-state index is 0.532. The highest BCUT2D eigenvalue weighted by atomic mass is 32.1. The van der Waals surface area contributed by atoms with Gasteiger partial charge in [0, 0.05) is 4.88 Å². The zero-order valence-corrected chi connectivity index (χ0v) is 19.7. The first-order chi connectivity index (χ1) is 13.1. The Morgan fingerprint density at radius 2 is 1.00 bits per heavy atom. The SMILES string of the molecule is CC(C)(C)CCCCCCCCCCCCCCCCCCc1cccs1. The lowest BCUT2D eigenvalue weighted by Gasteiger charge is -2.17. The number of unbranched alkanes of at least 4 members (excludes halogenated alkanes) is 15. The molecule has 0 unspecified atom stereocenters. The molecule has 1 heteroatoms. The van der Waals surface area contributed by atoms with Crippen LogP contribution in [0.15, 0.2) is 17.5 Å². The van der Waals surface area contributed by atoms with E-state index >= 15 is 0 Å². The number of thiophene rings is 1. The Kier molecular flexibility index (Phi) is 15.2. The van der Waals surface area contributed by atoms with Crippen molar-refractivity contribution in [2.45, 2.75) is 136 Å². The highest BCUT2D eigenvalue weighted by Gasteiger charge is 2.08. The average Bonchev–Trinajstić information content (AvgIpc) is 3.13. The van der Waals surface area contributed by atoms with E-state index in [0.29, 0.717) is 5.41 Å². The standard InChI is InChI=1S/C26H48S/c1-26(2,3)23-19-17-15-13-11-9-7-5-4-6-8-10-12-14-16-18-21-25-22-20-24-27-25/h20,22,24H,4-19,21,23H2,1-3H3. The van der Waals surface area contributed by atoms with Gasteiger partial charge in [0.1, 0.15) is 0 Å². The van der Waals surface area contributed by atoms with Gasteiger partial charge in [-0.05, 0) is 36.1 Å². The molecule has 0 aliphatic rings. The van der Waals surface area contributed by atoms with E-state index in [4.69, 9.17) is 0 Å². The van der Waals surface area contributed by atoms with Gasteiger partial charge in [-0.2, -0.15) is 0 Å². The van der Waals surface area contributed by atoms with Crippen LogP contribution in [0.1, 0.15) is 135 Å². The molecule has 0 aliphatic carbocycles. The van der Waals surface area contributed by atoms with E-state index in [9.17, 15) is 0 Å². The van der Waals surface area contributed by atoms with E-state index in [1.807, 2.05) is 11.3 Å². The molecule has 0 saturated heterocycles. The van der Waals surface area contributed by atoms with Crippen LogP contribution in [0.4, 0.5) is 0 Å². The fourth-order valence-corrected chi connectivity index (χ4v) is 4.64. The second kappa shape index (κ2) is 16.6. The third-order valence-corrected chi connectivity index (χ3v) is 6.62. The van der Waals surface area contributed by atoms with E-state index in [0.717, 1.165) is 0 Å². The first-order valence-electron chi connectivity index (χ1n) is 12.1. The van der Waals surface area contributed by atoms with Gasteiger partial charge in [-0.25, -0.2) is 0 Å². The van der Waals surface area contributed by atoms with Gasteiger partial charge in [0.05, 0.1) is 0 Å². The predicted molar refractivity (Wildman–Crippen MR) is 126 cm³/mol. The predicted octanol–water partition coefficient (Wildman–Crippen LogP) is 9.97. The van der Waals surface area contributed by atoms with Crippen LogP contribution in [0.25, 0.3) is 0 Å². The van der Waals surface area contributed by atoms with E-state index in [1.165, 1.54) is 116 Å². The second-order valence-electron chi connectivity index (χ2n) is 9.80. The Morgan fingerprint density at radius 3 is 1.37 bits per heavy atom. The molecule has 27 heavy (non-hydrogen) atoms. The summed E-state index contributed by atoms with van der Waals surface area (Å²) in [5, 5.41) is 2.20. The molecular weight excluding hydrogens is 344 g/mol. The molecule has 1 aromatic heterocycles. The topological polar surface area (TPSA) is 0 Å². The van der Waals surface area contributed by atoms with Gasteiger partial charge >= 0.3 is 0 Å². The third kappa shape index (κ3) is 17.5. The van der Waals surface area contributed by atoms with Crippen LogP contribution in [0.2, 0.25) is 0 Å². The quantitative estimate of drug-likeness (QED) is 0.218. The summed E-state index contributed by atoms with van der Waals surface area (Å²) >= 11 is 1.91. The maximum absolute atomic E-state index is 2.36. The third-order valence-electron chi connectivity index (χ3n) is 5.68. The van der Waals surface area contributed by atoms with Crippen molar-refractivity contribution in [2.75, 3.05) is 0 Å². The zero-order chi connectivity index (χ0) is 19.6. The van der Waals surface area contributed by atoms with Gasteiger partial charge in [0.2, 0.25) is 0 Å². The largest absolute Gasteiger partial charge is 0.149 e. The van der Waals surface area contributed by atoms with E-state index in [1.54, 1.807) is 4.88 Å². The molecule has 1 aromatic rings. The van der Waals surface area contributed by atoms with Gasteiger partial charge < -0.3 is 0 Å². The van der Waals surface area contributed by atoms with Crippen molar-refractivity contribution in [2.24, 2.45) is 5.41 Å². The highest BCUT2D eigenvalue weighted by Crippen LogP contribution is 2.22. The zero-order valence-electron chi connectivity index (χ0n) is 18.9. The summed E-state index contributed by atoms with van der Waals surface area (Å²) in [6, 6.07) is 4.45. The Balaban J connectivity index is 1.67. The van der Waals surface area contributed by atoms with Crippen LogP contribution < -0.4 is 0 Å². The molecule has 0 bridgehead atoms. The van der Waals surface area contributed by atoms with Gasteiger partial charge in [-0.1, -0.05) is 123 Å². The molecule has 0 fully saturated rings. The summed E-state index contributed by atoms with van der Waals surface area (Å²) in [4.78, 5) is 1.57. The molecule has 0 radical (unpaired) electrons. The van der Waals surface area contributed by atoms with Crippen molar-refractivity contribution >= 4 is 11.3 Å². The smallest absolute Gasteiger partial charge is 0.00452 e. The Labute approximate surface area is 175 Å². The van der Waals surface area contributed by atoms with Crippen molar-refractivity contribution in [3.63, 3.8) is 0 Å². The number of hydrogen-bond donors (Lipinski definition) is 0. The van der Waals surface area contributed by atoms with Crippen LogP contribution in [0.3, 0.4) is 0 Å². The molecule has 0 saturated carbocycles. The molecular formula is C26H48S. The van der Waals surface area contributed by atoms with Crippen molar-refractivity contribution < 1.29 is 0 Å². The number of aryl methyl sites for hydroxylation is 1. The minimum atomic E-state index is 0.532. The first-order valence-corrected chi connectivity index (χ1v) is 13.0. The fourth-order valence-electron chi connectivity index (χ4n) is 3.88. The molecule has 158 valence electrons. The van der Waals surface area contributed by atoms with E-state index in [-0.39, 0.29) is 0 Å². The average molecular weight is 393 g/mol. The Hall–Kier alpha value is -0.300. The molecule has 0 amide bonds. The molecule has 0 N–H and O–H groups in total. The van der Waals surface area contributed by atoms with Gasteiger partial charge in [-0.15, -0.1) is 11.3 Å². The molecule has 0 aliphatic heterocycles. The molecule has 1 heterocycles. The summed E-state index contributed by atoms with van der Waals surface area (Å²) < 4.78 is 0. The summed E-state index contributed by atoms with van der Waals surface area (Å²) in [5.41, 5.74) is 0.532. The van der Waals surface area contributed by atoms with Crippen molar-refractivity contribution in [1.29, 1.82) is 0 Å². The van der Waals surface area contributed by atoms with E-state index < -0.39 is 0 Å². The van der Waals surface area contributed by atoms with Crippen LogP contribution in [-0.4, -0.2) is 0 Å². The minimum Gasteiger partial charge on any atom is -0.149 e. The lowest BCUT2D eigenvalue weighted by Crippen LogP contribution is -2.03. The van der Waals surface area contributed by atoms with Crippen molar-refractivity contribution in [3.05, 3.63) is 22.4 Å². The van der Waals surface area contributed by atoms with E-state index in [2.05, 4.69) is 38.3 Å². The van der Waals surface area contributed by atoms with Crippen molar-refractivity contribution in [3.8, 4) is 0 Å². The lowest BCUT2D eigenvalue weighted by atomic mass is 9.89. The van der Waals surface area contributed by atoms with Gasteiger partial charge in [0.15, 0.2) is 0 Å². The van der Waals surface area contributed by atoms with Crippen LogP contribution in [0, 0.1) is 5.41 Å². The molecule has 1 rings (SSSR count). The second-order valence-corrected chi connectivity index (χ2v) is 10.8. The fraction of sp³-hybridized carbons (Fsp3) is 0.846. The molecule has 0 aromatic carbocycles. The summed E-state index contributed by atoms with van der Waals surface area (Å²) in [7, 11) is 0. The maximum atomic E-state index is 2.36. The van der Waals surface area contributed by atoms with Crippen molar-refractivity contribution in [1.82, 2.24) is 0 Å². The normalized spacial score (nSPS) is 12.0.